The number of aromatic amines is 1. The fourth-order valence-electron chi connectivity index (χ4n) is 4.00. The van der Waals surface area contributed by atoms with Gasteiger partial charge in [-0.05, 0) is 55.6 Å². The van der Waals surface area contributed by atoms with E-state index in [1.807, 2.05) is 42.5 Å². The van der Waals surface area contributed by atoms with Crippen LogP contribution in [0.2, 0.25) is 0 Å². The first-order valence-electron chi connectivity index (χ1n) is 11.0. The Hall–Kier alpha value is -3.30. The fraction of sp³-hybridized carbons (Fsp3) is 0.333. The van der Waals surface area contributed by atoms with Crippen molar-refractivity contribution in [3.8, 4) is 11.4 Å². The van der Waals surface area contributed by atoms with E-state index in [0.717, 1.165) is 24.1 Å². The minimum Gasteiger partial charge on any atom is -0.350 e. The predicted octanol–water partition coefficient (Wildman–Crippen LogP) is 3.06. The van der Waals surface area contributed by atoms with E-state index in [1.165, 1.54) is 5.56 Å². The lowest BCUT2D eigenvalue weighted by molar-refractivity contribution is -0.130. The van der Waals surface area contributed by atoms with Crippen molar-refractivity contribution in [3.05, 3.63) is 70.6 Å². The zero-order valence-electron chi connectivity index (χ0n) is 18.3. The maximum absolute atomic E-state index is 12.8. The van der Waals surface area contributed by atoms with Crippen molar-refractivity contribution in [3.63, 3.8) is 0 Å². The van der Waals surface area contributed by atoms with Crippen molar-refractivity contribution in [2.24, 2.45) is 0 Å². The highest BCUT2D eigenvalue weighted by Gasteiger charge is 2.29. The molecule has 3 atom stereocenters. The number of nitrogens with zero attached hydrogens (tertiary/aromatic N) is 1. The topological polar surface area (TPSA) is 112 Å². The number of aromatic nitrogens is 2. The summed E-state index contributed by atoms with van der Waals surface area (Å²) in [7, 11) is 0. The first-order chi connectivity index (χ1) is 16.0. The van der Waals surface area contributed by atoms with Crippen LogP contribution in [0.3, 0.4) is 0 Å². The molecule has 4 N–H and O–H groups in total. The summed E-state index contributed by atoms with van der Waals surface area (Å²) >= 11 is 4.86. The standard InChI is InChI=1S/C24H27N5O3S/c1-15(27-23(31)20-13-19(11-12-25-20)17-5-3-2-4-6-17)22(30)26-14-16-7-9-18(10-8-16)21-28-24(33)32-29-21/h2-10,15,19-20,25H,11-14H2,1H3,(H,26,30)(H,27,31)(H,28,29,33)/t15-,19?,20?/m0/s1. The number of H-pyrrole nitrogens is 1. The van der Waals surface area contributed by atoms with Crippen LogP contribution in [0.5, 0.6) is 0 Å². The molecule has 2 aromatic carbocycles. The zero-order valence-corrected chi connectivity index (χ0v) is 19.2. The second kappa shape index (κ2) is 10.5. The van der Waals surface area contributed by atoms with Gasteiger partial charge in [-0.2, -0.15) is 4.98 Å². The molecular weight excluding hydrogens is 438 g/mol. The lowest BCUT2D eigenvalue weighted by atomic mass is 9.86. The van der Waals surface area contributed by atoms with Crippen molar-refractivity contribution < 1.29 is 14.1 Å². The van der Waals surface area contributed by atoms with Crippen LogP contribution in [-0.2, 0) is 16.1 Å². The van der Waals surface area contributed by atoms with Gasteiger partial charge in [-0.3, -0.25) is 9.59 Å². The molecule has 0 radical (unpaired) electrons. The molecule has 0 spiro atoms. The minimum atomic E-state index is -0.633. The summed E-state index contributed by atoms with van der Waals surface area (Å²) in [5, 5.41) is 11.7. The van der Waals surface area contributed by atoms with Crippen molar-refractivity contribution in [1.29, 1.82) is 0 Å². The van der Waals surface area contributed by atoms with Gasteiger partial charge in [0, 0.05) is 12.1 Å². The molecule has 1 saturated heterocycles. The van der Waals surface area contributed by atoms with E-state index < -0.39 is 6.04 Å². The molecule has 2 amide bonds. The Morgan fingerprint density at radius 2 is 1.94 bits per heavy atom. The number of piperidine rings is 1. The van der Waals surface area contributed by atoms with Crippen molar-refractivity contribution >= 4 is 24.0 Å². The highest BCUT2D eigenvalue weighted by atomic mass is 32.1. The summed E-state index contributed by atoms with van der Waals surface area (Å²) in [6.45, 7) is 2.82. The average molecular weight is 466 g/mol. The molecule has 1 fully saturated rings. The van der Waals surface area contributed by atoms with Gasteiger partial charge in [0.25, 0.3) is 0 Å². The maximum Gasteiger partial charge on any atom is 0.314 e. The van der Waals surface area contributed by atoms with Gasteiger partial charge in [-0.25, -0.2) is 5.16 Å². The molecule has 2 unspecified atom stereocenters. The van der Waals surface area contributed by atoms with Gasteiger partial charge >= 0.3 is 4.84 Å². The smallest absolute Gasteiger partial charge is 0.314 e. The van der Waals surface area contributed by atoms with Gasteiger partial charge in [0.05, 0.1) is 6.04 Å². The Bertz CT molecular complexity index is 1140. The molecule has 8 nitrogen and oxygen atoms in total. The van der Waals surface area contributed by atoms with Gasteiger partial charge in [0.1, 0.15) is 6.04 Å². The van der Waals surface area contributed by atoms with Gasteiger partial charge in [-0.1, -0.05) is 54.6 Å². The lowest BCUT2D eigenvalue weighted by Gasteiger charge is -2.30. The van der Waals surface area contributed by atoms with Crippen LogP contribution < -0.4 is 16.0 Å². The molecule has 0 aliphatic carbocycles. The molecule has 1 aliphatic heterocycles. The quantitative estimate of drug-likeness (QED) is 0.399. The third kappa shape index (κ3) is 5.94. The Labute approximate surface area is 197 Å². The molecule has 0 saturated carbocycles. The molecule has 9 heteroatoms. The zero-order chi connectivity index (χ0) is 23.2. The maximum atomic E-state index is 12.8. The van der Waals surface area contributed by atoms with Gasteiger partial charge in [0.2, 0.25) is 11.8 Å². The van der Waals surface area contributed by atoms with E-state index in [1.54, 1.807) is 6.92 Å². The number of benzene rings is 2. The molecule has 172 valence electrons. The third-order valence-electron chi connectivity index (χ3n) is 5.88. The third-order valence-corrected chi connectivity index (χ3v) is 6.05. The Kier molecular flexibility index (Phi) is 7.31. The van der Waals surface area contributed by atoms with Crippen LogP contribution in [0.25, 0.3) is 11.4 Å². The van der Waals surface area contributed by atoms with Crippen LogP contribution in [0, 0.1) is 4.84 Å². The summed E-state index contributed by atoms with van der Waals surface area (Å²) in [5.41, 5.74) is 3.01. The molecule has 33 heavy (non-hydrogen) atoms. The average Bonchev–Trinajstić information content (AvgIpc) is 3.29. The van der Waals surface area contributed by atoms with Crippen molar-refractivity contribution in [2.45, 2.75) is 44.3 Å². The van der Waals surface area contributed by atoms with E-state index in [2.05, 4.69) is 38.2 Å². The monoisotopic (exact) mass is 465 g/mol. The summed E-state index contributed by atoms with van der Waals surface area (Å²) in [6.07, 6.45) is 1.71. The largest absolute Gasteiger partial charge is 0.350 e. The number of nitrogens with one attached hydrogen (secondary N) is 4. The van der Waals surface area contributed by atoms with Gasteiger partial charge in [0.15, 0.2) is 5.82 Å². The van der Waals surface area contributed by atoms with E-state index >= 15 is 0 Å². The van der Waals surface area contributed by atoms with Gasteiger partial charge < -0.3 is 20.5 Å². The molecule has 0 bridgehead atoms. The SMILES string of the molecule is C[C@H](NC(=O)C1CC(c2ccccc2)CCN1)C(=O)NCc1ccc(-c2nc(=S)o[nH]2)cc1. The second-order valence-corrected chi connectivity index (χ2v) is 8.56. The number of carbonyl (C=O) groups is 2. The Morgan fingerprint density at radius 3 is 2.64 bits per heavy atom. The van der Waals surface area contributed by atoms with Crippen molar-refractivity contribution in [2.75, 3.05) is 6.54 Å². The summed E-state index contributed by atoms with van der Waals surface area (Å²) in [4.78, 5) is 29.5. The number of amides is 2. The van der Waals surface area contributed by atoms with Crippen LogP contribution >= 0.6 is 12.2 Å². The lowest BCUT2D eigenvalue weighted by Crippen LogP contribution is -2.53. The van der Waals surface area contributed by atoms with Gasteiger partial charge in [-0.15, -0.1) is 0 Å². The molecule has 1 aliphatic rings. The number of hydrogen-bond donors (Lipinski definition) is 4. The van der Waals surface area contributed by atoms with Crippen molar-refractivity contribution in [1.82, 2.24) is 26.1 Å². The number of carbonyl (C=O) groups excluding carboxylic acids is 2. The van der Waals surface area contributed by atoms with E-state index in [9.17, 15) is 9.59 Å². The minimum absolute atomic E-state index is 0.146. The predicted molar refractivity (Wildman–Crippen MR) is 127 cm³/mol. The number of hydrogen-bond acceptors (Lipinski definition) is 6. The summed E-state index contributed by atoms with van der Waals surface area (Å²) in [6, 6.07) is 16.8. The summed E-state index contributed by atoms with van der Waals surface area (Å²) < 4.78 is 4.94. The first-order valence-corrected chi connectivity index (χ1v) is 11.4. The van der Waals surface area contributed by atoms with E-state index in [-0.39, 0.29) is 22.7 Å². The Balaban J connectivity index is 1.26. The van der Waals surface area contributed by atoms with Crippen LogP contribution in [-0.4, -0.2) is 40.6 Å². The van der Waals surface area contributed by atoms with Crippen LogP contribution in [0.1, 0.15) is 36.8 Å². The molecular formula is C24H27N5O3S. The number of rotatable bonds is 7. The highest BCUT2D eigenvalue weighted by molar-refractivity contribution is 7.71. The summed E-state index contributed by atoms with van der Waals surface area (Å²) in [5.74, 6) is 0.511. The van der Waals surface area contributed by atoms with Crippen LogP contribution in [0.15, 0.2) is 59.1 Å². The molecule has 4 rings (SSSR count). The first kappa shape index (κ1) is 22.9. The van der Waals surface area contributed by atoms with E-state index in [4.69, 9.17) is 16.7 Å². The molecule has 3 aromatic rings. The normalized spacial score (nSPS) is 18.9. The Morgan fingerprint density at radius 1 is 1.18 bits per heavy atom. The highest BCUT2D eigenvalue weighted by Crippen LogP contribution is 2.27. The van der Waals surface area contributed by atoms with E-state index in [0.29, 0.717) is 24.7 Å². The molecule has 2 heterocycles. The van der Waals surface area contributed by atoms with Crippen LogP contribution in [0.4, 0.5) is 0 Å². The second-order valence-electron chi connectivity index (χ2n) is 8.21. The fourth-order valence-corrected chi connectivity index (χ4v) is 4.13. The molecule has 1 aromatic heterocycles.